The van der Waals surface area contributed by atoms with E-state index in [0.29, 0.717) is 5.75 Å². The van der Waals surface area contributed by atoms with Crippen molar-refractivity contribution in [3.8, 4) is 28.0 Å². The van der Waals surface area contributed by atoms with Crippen molar-refractivity contribution >= 4 is 0 Å². The van der Waals surface area contributed by atoms with E-state index in [1.807, 2.05) is 12.1 Å². The van der Waals surface area contributed by atoms with E-state index in [0.717, 1.165) is 12.0 Å². The van der Waals surface area contributed by atoms with Gasteiger partial charge in [-0.1, -0.05) is 36.4 Å². The maximum Gasteiger partial charge on any atom is 0.115 e. The molecule has 108 valence electrons. The van der Waals surface area contributed by atoms with Gasteiger partial charge >= 0.3 is 0 Å². The first-order valence-corrected chi connectivity index (χ1v) is 7.66. The van der Waals surface area contributed by atoms with Gasteiger partial charge in [0, 0.05) is 0 Å². The predicted octanol–water partition coefficient (Wildman–Crippen LogP) is 5.25. The third kappa shape index (κ3) is 1.86. The molecule has 1 aliphatic rings. The Bertz CT molecular complexity index is 873. The predicted molar refractivity (Wildman–Crippen MR) is 91.3 cm³/mol. The first-order chi connectivity index (χ1) is 10.6. The van der Waals surface area contributed by atoms with Gasteiger partial charge in [-0.25, -0.2) is 0 Å². The number of benzene rings is 3. The highest BCUT2D eigenvalue weighted by Gasteiger charge is 2.22. The van der Waals surface area contributed by atoms with Crippen LogP contribution in [0.15, 0.2) is 54.6 Å². The minimum absolute atomic E-state index is 0.310. The summed E-state index contributed by atoms with van der Waals surface area (Å²) >= 11 is 0. The van der Waals surface area contributed by atoms with Crippen molar-refractivity contribution in [3.05, 3.63) is 76.9 Å². The van der Waals surface area contributed by atoms with Crippen LogP contribution in [0.2, 0.25) is 0 Å². The highest BCUT2D eigenvalue weighted by atomic mass is 16.3. The molecule has 1 N–H and O–H groups in total. The van der Waals surface area contributed by atoms with E-state index in [4.69, 9.17) is 0 Å². The summed E-state index contributed by atoms with van der Waals surface area (Å²) in [6.07, 6.45) is 1.04. The molecule has 0 aliphatic heterocycles. The fourth-order valence-electron chi connectivity index (χ4n) is 3.51. The van der Waals surface area contributed by atoms with Crippen molar-refractivity contribution in [3.63, 3.8) is 0 Å². The van der Waals surface area contributed by atoms with Gasteiger partial charge in [0.1, 0.15) is 5.75 Å². The summed E-state index contributed by atoms with van der Waals surface area (Å²) in [5.74, 6) is 0.310. The molecule has 0 fully saturated rings. The number of phenolic OH excluding ortho intramolecular Hbond substituents is 1. The average Bonchev–Trinajstić information content (AvgIpc) is 2.91. The molecule has 0 saturated heterocycles. The van der Waals surface area contributed by atoms with Crippen LogP contribution in [0.25, 0.3) is 22.3 Å². The first kappa shape index (κ1) is 13.1. The maximum atomic E-state index is 9.51. The van der Waals surface area contributed by atoms with Crippen LogP contribution in [-0.2, 0) is 6.42 Å². The zero-order chi connectivity index (χ0) is 15.3. The van der Waals surface area contributed by atoms with E-state index < -0.39 is 0 Å². The van der Waals surface area contributed by atoms with E-state index in [1.54, 1.807) is 12.1 Å². The lowest BCUT2D eigenvalue weighted by Crippen LogP contribution is -1.94. The van der Waals surface area contributed by atoms with E-state index in [1.165, 1.54) is 38.9 Å². The Morgan fingerprint density at radius 1 is 0.773 bits per heavy atom. The Morgan fingerprint density at radius 2 is 1.50 bits per heavy atom. The molecule has 22 heavy (non-hydrogen) atoms. The Balaban J connectivity index is 1.97. The number of aromatic hydroxyl groups is 1. The number of hydrogen-bond acceptors (Lipinski definition) is 1. The smallest absolute Gasteiger partial charge is 0.115 e. The molecule has 3 aromatic rings. The Morgan fingerprint density at radius 3 is 2.27 bits per heavy atom. The van der Waals surface area contributed by atoms with Gasteiger partial charge in [-0.2, -0.15) is 0 Å². The molecular formula is C21H18O. The monoisotopic (exact) mass is 286 g/mol. The second-order valence-electron chi connectivity index (χ2n) is 6.08. The Kier molecular flexibility index (Phi) is 2.83. The Hall–Kier alpha value is -2.54. The van der Waals surface area contributed by atoms with Crippen molar-refractivity contribution < 1.29 is 5.11 Å². The zero-order valence-corrected chi connectivity index (χ0v) is 12.9. The highest BCUT2D eigenvalue weighted by molar-refractivity contribution is 5.84. The molecule has 0 spiro atoms. The van der Waals surface area contributed by atoms with Crippen molar-refractivity contribution in [2.75, 3.05) is 0 Å². The van der Waals surface area contributed by atoms with Gasteiger partial charge in [-0.05, 0) is 83.0 Å². The molecule has 0 bridgehead atoms. The summed E-state index contributed by atoms with van der Waals surface area (Å²) in [5.41, 5.74) is 10.7. The second kappa shape index (κ2) is 4.74. The number of phenols is 1. The topological polar surface area (TPSA) is 20.2 Å². The average molecular weight is 286 g/mol. The number of rotatable bonds is 1. The van der Waals surface area contributed by atoms with E-state index in [2.05, 4.69) is 44.2 Å². The molecule has 0 heterocycles. The molecule has 3 aromatic carbocycles. The standard InChI is InChI=1S/C21H18O/c1-13-14(2)20-11-16-5-3-4-6-18(16)21(20)12-19(13)15-7-9-17(22)10-8-15/h3-10,12,22H,11H2,1-2H3. The molecule has 1 aliphatic carbocycles. The normalized spacial score (nSPS) is 12.1. The SMILES string of the molecule is Cc1c(-c2ccc(O)cc2)cc2c(c1C)Cc1ccccc1-2. The van der Waals surface area contributed by atoms with Crippen LogP contribution in [0.5, 0.6) is 5.75 Å². The summed E-state index contributed by atoms with van der Waals surface area (Å²) in [7, 11) is 0. The second-order valence-corrected chi connectivity index (χ2v) is 6.08. The molecule has 0 amide bonds. The molecule has 0 saturated carbocycles. The fraction of sp³-hybridized carbons (Fsp3) is 0.143. The van der Waals surface area contributed by atoms with Crippen LogP contribution >= 0.6 is 0 Å². The van der Waals surface area contributed by atoms with Crippen LogP contribution in [-0.4, -0.2) is 5.11 Å². The quantitative estimate of drug-likeness (QED) is 0.507. The van der Waals surface area contributed by atoms with Crippen molar-refractivity contribution in [1.82, 2.24) is 0 Å². The summed E-state index contributed by atoms with van der Waals surface area (Å²) in [6.45, 7) is 4.42. The largest absolute Gasteiger partial charge is 0.508 e. The van der Waals surface area contributed by atoms with Gasteiger partial charge in [0.05, 0.1) is 0 Å². The highest BCUT2D eigenvalue weighted by Crippen LogP contribution is 2.42. The minimum Gasteiger partial charge on any atom is -0.508 e. The molecular weight excluding hydrogens is 268 g/mol. The third-order valence-corrected chi connectivity index (χ3v) is 4.89. The molecule has 0 unspecified atom stereocenters. The van der Waals surface area contributed by atoms with Crippen molar-refractivity contribution in [2.45, 2.75) is 20.3 Å². The minimum atomic E-state index is 0.310. The van der Waals surface area contributed by atoms with Crippen LogP contribution < -0.4 is 0 Å². The summed E-state index contributed by atoms with van der Waals surface area (Å²) < 4.78 is 0. The van der Waals surface area contributed by atoms with Gasteiger partial charge < -0.3 is 5.11 Å². The molecule has 0 radical (unpaired) electrons. The van der Waals surface area contributed by atoms with E-state index in [9.17, 15) is 5.11 Å². The van der Waals surface area contributed by atoms with Gasteiger partial charge in [-0.15, -0.1) is 0 Å². The Labute approximate surface area is 130 Å². The lowest BCUT2D eigenvalue weighted by molar-refractivity contribution is 0.475. The van der Waals surface area contributed by atoms with Gasteiger partial charge in [0.15, 0.2) is 0 Å². The van der Waals surface area contributed by atoms with Crippen molar-refractivity contribution in [1.29, 1.82) is 0 Å². The molecule has 1 nitrogen and oxygen atoms in total. The zero-order valence-electron chi connectivity index (χ0n) is 12.9. The van der Waals surface area contributed by atoms with E-state index >= 15 is 0 Å². The number of hydrogen-bond donors (Lipinski definition) is 1. The maximum absolute atomic E-state index is 9.51. The van der Waals surface area contributed by atoms with Crippen LogP contribution in [0.3, 0.4) is 0 Å². The summed E-state index contributed by atoms with van der Waals surface area (Å²) in [4.78, 5) is 0. The van der Waals surface area contributed by atoms with E-state index in [-0.39, 0.29) is 0 Å². The van der Waals surface area contributed by atoms with Crippen LogP contribution in [0.4, 0.5) is 0 Å². The third-order valence-electron chi connectivity index (χ3n) is 4.89. The number of fused-ring (bicyclic) bond motifs is 3. The van der Waals surface area contributed by atoms with Crippen LogP contribution in [0.1, 0.15) is 22.3 Å². The van der Waals surface area contributed by atoms with Crippen LogP contribution in [0, 0.1) is 13.8 Å². The van der Waals surface area contributed by atoms with Crippen molar-refractivity contribution in [2.24, 2.45) is 0 Å². The van der Waals surface area contributed by atoms with Gasteiger partial charge in [-0.3, -0.25) is 0 Å². The van der Waals surface area contributed by atoms with Gasteiger partial charge in [0.2, 0.25) is 0 Å². The molecule has 0 atom stereocenters. The lowest BCUT2D eigenvalue weighted by atomic mass is 9.90. The lowest BCUT2D eigenvalue weighted by Gasteiger charge is -2.14. The summed E-state index contributed by atoms with van der Waals surface area (Å²) in [6, 6.07) is 18.5. The molecule has 4 rings (SSSR count). The fourth-order valence-corrected chi connectivity index (χ4v) is 3.51. The first-order valence-electron chi connectivity index (χ1n) is 7.66. The summed E-state index contributed by atoms with van der Waals surface area (Å²) in [5, 5.41) is 9.51. The molecule has 1 heteroatoms. The molecule has 0 aromatic heterocycles. The van der Waals surface area contributed by atoms with Gasteiger partial charge in [0.25, 0.3) is 0 Å².